The van der Waals surface area contributed by atoms with Crippen LogP contribution in [0.2, 0.25) is 0 Å². The monoisotopic (exact) mass is 268 g/mol. The molecule has 1 amide bonds. The van der Waals surface area contributed by atoms with Crippen LogP contribution in [0.1, 0.15) is 19.8 Å². The Kier molecular flexibility index (Phi) is 3.68. The van der Waals surface area contributed by atoms with E-state index >= 15 is 0 Å². The number of carbonyl (C=O) groups excluding carboxylic acids is 1. The normalized spacial score (nSPS) is 26.1. The summed E-state index contributed by atoms with van der Waals surface area (Å²) in [7, 11) is 1.41. The van der Waals surface area contributed by atoms with Crippen LogP contribution in [0.4, 0.5) is 5.95 Å². The number of amides is 1. The molecule has 0 spiro atoms. The van der Waals surface area contributed by atoms with Crippen LogP contribution in [0.25, 0.3) is 0 Å². The Labute approximate surface area is 109 Å². The van der Waals surface area contributed by atoms with Crippen molar-refractivity contribution in [1.82, 2.24) is 15.2 Å². The molecule has 1 aromatic heterocycles. The number of nitrogens with one attached hydrogen (secondary N) is 2. The van der Waals surface area contributed by atoms with Crippen molar-refractivity contribution in [3.8, 4) is 6.01 Å². The second-order valence-electron chi connectivity index (χ2n) is 4.79. The van der Waals surface area contributed by atoms with E-state index in [1.807, 2.05) is 6.92 Å². The predicted molar refractivity (Wildman–Crippen MR) is 64.6 cm³/mol. The van der Waals surface area contributed by atoms with Crippen molar-refractivity contribution in [3.05, 3.63) is 0 Å². The Morgan fingerprint density at radius 3 is 2.68 bits per heavy atom. The van der Waals surface area contributed by atoms with Gasteiger partial charge in [0.05, 0.1) is 18.9 Å². The number of aliphatic carboxylic acids is 1. The van der Waals surface area contributed by atoms with Gasteiger partial charge < -0.3 is 9.84 Å². The summed E-state index contributed by atoms with van der Waals surface area (Å²) in [5.41, 5.74) is 0. The molecule has 3 N–H and O–H groups in total. The Bertz CT molecular complexity index is 487. The highest BCUT2D eigenvalue weighted by Gasteiger charge is 2.41. The lowest BCUT2D eigenvalue weighted by Gasteiger charge is -2.13. The van der Waals surface area contributed by atoms with E-state index in [1.54, 1.807) is 0 Å². The zero-order valence-corrected chi connectivity index (χ0v) is 10.7. The SMILES string of the molecule is COc1n[nH]c(NC(=O)[C@H]2CC(C)C[C@H]2C(=O)O)n1. The van der Waals surface area contributed by atoms with E-state index in [-0.39, 0.29) is 23.8 Å². The smallest absolute Gasteiger partial charge is 0.336 e. The molecule has 0 bridgehead atoms. The molecule has 1 saturated carbocycles. The highest BCUT2D eigenvalue weighted by molar-refractivity contribution is 5.94. The van der Waals surface area contributed by atoms with Gasteiger partial charge in [0.2, 0.25) is 11.9 Å². The van der Waals surface area contributed by atoms with Gasteiger partial charge in [-0.3, -0.25) is 14.9 Å². The Morgan fingerprint density at radius 2 is 2.11 bits per heavy atom. The molecule has 1 aromatic rings. The summed E-state index contributed by atoms with van der Waals surface area (Å²) in [6.45, 7) is 1.95. The van der Waals surface area contributed by atoms with Crippen LogP contribution in [0.15, 0.2) is 0 Å². The summed E-state index contributed by atoms with van der Waals surface area (Å²) in [4.78, 5) is 27.1. The van der Waals surface area contributed by atoms with Gasteiger partial charge in [-0.25, -0.2) is 5.10 Å². The molecule has 3 atom stereocenters. The minimum absolute atomic E-state index is 0.116. The molecule has 8 nitrogen and oxygen atoms in total. The molecule has 104 valence electrons. The number of aromatic amines is 1. The van der Waals surface area contributed by atoms with Crippen LogP contribution in [0, 0.1) is 17.8 Å². The topological polar surface area (TPSA) is 117 Å². The second-order valence-corrected chi connectivity index (χ2v) is 4.79. The van der Waals surface area contributed by atoms with E-state index in [0.29, 0.717) is 12.8 Å². The molecule has 1 fully saturated rings. The van der Waals surface area contributed by atoms with Crippen molar-refractivity contribution in [2.75, 3.05) is 12.4 Å². The highest BCUT2D eigenvalue weighted by atomic mass is 16.5. The summed E-state index contributed by atoms with van der Waals surface area (Å²) in [6, 6.07) is 0.116. The first kappa shape index (κ1) is 13.3. The van der Waals surface area contributed by atoms with Crippen LogP contribution in [-0.2, 0) is 9.59 Å². The Hall–Kier alpha value is -2.12. The molecule has 0 radical (unpaired) electrons. The van der Waals surface area contributed by atoms with Gasteiger partial charge in [-0.1, -0.05) is 6.92 Å². The quantitative estimate of drug-likeness (QED) is 0.732. The van der Waals surface area contributed by atoms with Crippen LogP contribution in [0.3, 0.4) is 0 Å². The van der Waals surface area contributed by atoms with Gasteiger partial charge in [-0.15, -0.1) is 5.10 Å². The molecule has 0 aliphatic heterocycles. The molecule has 1 unspecified atom stereocenters. The number of carbonyl (C=O) groups is 2. The average Bonchev–Trinajstić information content (AvgIpc) is 2.95. The maximum absolute atomic E-state index is 12.1. The van der Waals surface area contributed by atoms with Gasteiger partial charge in [0.25, 0.3) is 0 Å². The number of methoxy groups -OCH3 is 1. The molecule has 1 heterocycles. The highest BCUT2D eigenvalue weighted by Crippen LogP contribution is 2.36. The molecule has 0 aromatic carbocycles. The fraction of sp³-hybridized carbons (Fsp3) is 0.636. The standard InChI is InChI=1S/C11H16N4O4/c1-5-3-6(7(4-5)9(17)18)8(16)12-10-13-11(19-2)15-14-10/h5-7H,3-4H2,1-2H3,(H,17,18)(H2,12,13,14,15,16)/t5?,6-,7+/m0/s1. The van der Waals surface area contributed by atoms with Crippen LogP contribution in [0.5, 0.6) is 6.01 Å². The largest absolute Gasteiger partial charge is 0.481 e. The minimum Gasteiger partial charge on any atom is -0.481 e. The van der Waals surface area contributed by atoms with Gasteiger partial charge in [-0.05, 0) is 18.8 Å². The van der Waals surface area contributed by atoms with E-state index in [0.717, 1.165) is 0 Å². The molecule has 2 rings (SSSR count). The zero-order valence-electron chi connectivity index (χ0n) is 10.7. The first-order valence-corrected chi connectivity index (χ1v) is 6.01. The van der Waals surface area contributed by atoms with Crippen molar-refractivity contribution in [2.24, 2.45) is 17.8 Å². The number of rotatable bonds is 4. The minimum atomic E-state index is -0.931. The van der Waals surface area contributed by atoms with Crippen molar-refractivity contribution >= 4 is 17.8 Å². The number of anilines is 1. The summed E-state index contributed by atoms with van der Waals surface area (Å²) >= 11 is 0. The summed E-state index contributed by atoms with van der Waals surface area (Å²) < 4.78 is 4.78. The third-order valence-electron chi connectivity index (χ3n) is 3.34. The van der Waals surface area contributed by atoms with E-state index in [1.165, 1.54) is 7.11 Å². The first-order chi connectivity index (χ1) is 9.01. The van der Waals surface area contributed by atoms with Crippen molar-refractivity contribution < 1.29 is 19.4 Å². The lowest BCUT2D eigenvalue weighted by atomic mass is 9.95. The average molecular weight is 268 g/mol. The Morgan fingerprint density at radius 1 is 1.42 bits per heavy atom. The number of ether oxygens (including phenoxy) is 1. The Balaban J connectivity index is 2.04. The molecule has 0 saturated heterocycles. The number of nitrogens with zero attached hydrogens (tertiary/aromatic N) is 2. The lowest BCUT2D eigenvalue weighted by molar-refractivity contribution is -0.145. The van der Waals surface area contributed by atoms with Gasteiger partial charge in [0.15, 0.2) is 0 Å². The fourth-order valence-corrected chi connectivity index (χ4v) is 2.46. The summed E-state index contributed by atoms with van der Waals surface area (Å²) in [5, 5.41) is 17.9. The first-order valence-electron chi connectivity index (χ1n) is 6.01. The molecular weight excluding hydrogens is 252 g/mol. The number of aromatic nitrogens is 3. The van der Waals surface area contributed by atoms with Crippen molar-refractivity contribution in [2.45, 2.75) is 19.8 Å². The van der Waals surface area contributed by atoms with Crippen molar-refractivity contribution in [1.29, 1.82) is 0 Å². The third-order valence-corrected chi connectivity index (χ3v) is 3.34. The predicted octanol–water partition coefficient (Wildman–Crippen LogP) is 0.499. The number of hydrogen-bond donors (Lipinski definition) is 3. The number of hydrogen-bond acceptors (Lipinski definition) is 5. The zero-order chi connectivity index (χ0) is 14.0. The van der Waals surface area contributed by atoms with Crippen LogP contribution in [-0.4, -0.2) is 39.3 Å². The fourth-order valence-electron chi connectivity index (χ4n) is 2.46. The molecule has 1 aliphatic rings. The summed E-state index contributed by atoms with van der Waals surface area (Å²) in [5.74, 6) is -2.08. The van der Waals surface area contributed by atoms with Gasteiger partial charge in [0, 0.05) is 0 Å². The number of carboxylic acids is 1. The van der Waals surface area contributed by atoms with Gasteiger partial charge in [0.1, 0.15) is 0 Å². The molecule has 8 heteroatoms. The van der Waals surface area contributed by atoms with Crippen LogP contribution >= 0.6 is 0 Å². The van der Waals surface area contributed by atoms with Crippen molar-refractivity contribution in [3.63, 3.8) is 0 Å². The lowest BCUT2D eigenvalue weighted by Crippen LogP contribution is -2.30. The number of H-pyrrole nitrogens is 1. The van der Waals surface area contributed by atoms with E-state index in [2.05, 4.69) is 20.5 Å². The molecular formula is C11H16N4O4. The molecule has 1 aliphatic carbocycles. The summed E-state index contributed by atoms with van der Waals surface area (Å²) in [6.07, 6.45) is 1.08. The second kappa shape index (κ2) is 5.25. The van der Waals surface area contributed by atoms with E-state index in [9.17, 15) is 9.59 Å². The maximum Gasteiger partial charge on any atom is 0.336 e. The van der Waals surface area contributed by atoms with E-state index in [4.69, 9.17) is 9.84 Å². The van der Waals surface area contributed by atoms with E-state index < -0.39 is 17.8 Å². The molecule has 19 heavy (non-hydrogen) atoms. The van der Waals surface area contributed by atoms with Gasteiger partial charge in [-0.2, -0.15) is 4.98 Å². The van der Waals surface area contributed by atoms with Gasteiger partial charge >= 0.3 is 12.0 Å². The maximum atomic E-state index is 12.1. The van der Waals surface area contributed by atoms with Crippen LogP contribution < -0.4 is 10.1 Å². The third kappa shape index (κ3) is 2.83. The number of carboxylic acid groups (broad SMARTS) is 1.